The first kappa shape index (κ1) is 30.0. The van der Waals surface area contributed by atoms with Gasteiger partial charge in [0.15, 0.2) is 12.6 Å². The molecular formula is C24H38O10. The third-order valence-electron chi connectivity index (χ3n) is 4.80. The van der Waals surface area contributed by atoms with E-state index in [4.69, 9.17) is 28.4 Å². The van der Waals surface area contributed by atoms with Crippen LogP contribution in [0.1, 0.15) is 59.5 Å². The summed E-state index contributed by atoms with van der Waals surface area (Å²) in [6, 6.07) is 2.63. The van der Waals surface area contributed by atoms with E-state index in [1.807, 2.05) is 27.7 Å². The van der Waals surface area contributed by atoms with Gasteiger partial charge in [0.05, 0.1) is 37.6 Å². The zero-order valence-corrected chi connectivity index (χ0v) is 20.5. The van der Waals surface area contributed by atoms with E-state index >= 15 is 0 Å². The lowest BCUT2D eigenvalue weighted by Gasteiger charge is -2.19. The van der Waals surface area contributed by atoms with Crippen molar-refractivity contribution in [2.24, 2.45) is 0 Å². The molecule has 0 aliphatic rings. The Morgan fingerprint density at radius 1 is 0.676 bits per heavy atom. The van der Waals surface area contributed by atoms with Crippen LogP contribution in [0.25, 0.3) is 0 Å². The molecule has 0 aliphatic heterocycles. The van der Waals surface area contributed by atoms with Gasteiger partial charge in [-0.1, -0.05) is 0 Å². The number of aromatic carboxylic acids is 2. The van der Waals surface area contributed by atoms with Crippen molar-refractivity contribution in [3.05, 3.63) is 34.4 Å². The fraction of sp³-hybridized carbons (Fsp3) is 0.667. The van der Waals surface area contributed by atoms with Gasteiger partial charge in [0.1, 0.15) is 0 Å². The van der Waals surface area contributed by atoms with E-state index in [0.29, 0.717) is 37.6 Å². The fourth-order valence-corrected chi connectivity index (χ4v) is 3.40. The molecule has 1 rings (SSSR count). The average molecular weight is 487 g/mol. The summed E-state index contributed by atoms with van der Waals surface area (Å²) in [6.07, 6.45) is -0.612. The number of benzene rings is 1. The summed E-state index contributed by atoms with van der Waals surface area (Å²) < 4.78 is 33.0. The quantitative estimate of drug-likeness (QED) is 0.209. The predicted octanol–water partition coefficient (Wildman–Crippen LogP) is 3.00. The van der Waals surface area contributed by atoms with Crippen molar-refractivity contribution in [3.8, 4) is 0 Å². The van der Waals surface area contributed by atoms with Crippen molar-refractivity contribution in [2.45, 2.75) is 53.1 Å². The second-order valence-electron chi connectivity index (χ2n) is 7.06. The Morgan fingerprint density at radius 2 is 1.00 bits per heavy atom. The molecule has 0 radical (unpaired) electrons. The third-order valence-corrected chi connectivity index (χ3v) is 4.80. The molecule has 1 aromatic carbocycles. The van der Waals surface area contributed by atoms with Gasteiger partial charge in [0.2, 0.25) is 0 Å². The topological polar surface area (TPSA) is 130 Å². The molecule has 2 N–H and O–H groups in total. The summed E-state index contributed by atoms with van der Waals surface area (Å²) >= 11 is 0. The minimum Gasteiger partial charge on any atom is -0.478 e. The van der Waals surface area contributed by atoms with Gasteiger partial charge in [-0.2, -0.15) is 0 Å². The molecule has 0 spiro atoms. The molecule has 0 unspecified atom stereocenters. The average Bonchev–Trinajstić information content (AvgIpc) is 2.79. The third kappa shape index (κ3) is 10.5. The van der Waals surface area contributed by atoms with Gasteiger partial charge in [-0.3, -0.25) is 0 Å². The summed E-state index contributed by atoms with van der Waals surface area (Å²) in [5, 5.41) is 19.3. The second kappa shape index (κ2) is 17.4. The highest BCUT2D eigenvalue weighted by molar-refractivity contribution is 5.95. The minimum absolute atomic E-state index is 0.0382. The fourth-order valence-electron chi connectivity index (χ4n) is 3.40. The van der Waals surface area contributed by atoms with Crippen LogP contribution in [0.4, 0.5) is 0 Å². The summed E-state index contributed by atoms with van der Waals surface area (Å²) in [5.41, 5.74) is 0.894. The number of carbonyl (C=O) groups is 2. The van der Waals surface area contributed by atoms with Gasteiger partial charge in [-0.05, 0) is 63.8 Å². The van der Waals surface area contributed by atoms with Crippen LogP contribution < -0.4 is 0 Å². The van der Waals surface area contributed by atoms with Gasteiger partial charge in [-0.25, -0.2) is 9.59 Å². The van der Waals surface area contributed by atoms with E-state index in [2.05, 4.69) is 0 Å². The van der Waals surface area contributed by atoms with Gasteiger partial charge < -0.3 is 38.6 Å². The molecule has 10 heteroatoms. The highest BCUT2D eigenvalue weighted by Gasteiger charge is 2.21. The summed E-state index contributed by atoms with van der Waals surface area (Å²) in [6.45, 7) is 9.97. The van der Waals surface area contributed by atoms with Crippen LogP contribution in [-0.4, -0.2) is 87.6 Å². The van der Waals surface area contributed by atoms with E-state index in [0.717, 1.165) is 0 Å². The number of hydrogen-bond donors (Lipinski definition) is 2. The van der Waals surface area contributed by atoms with E-state index in [1.165, 1.54) is 12.1 Å². The van der Waals surface area contributed by atoms with Crippen LogP contribution in [0.3, 0.4) is 0 Å². The normalized spacial score (nSPS) is 11.5. The van der Waals surface area contributed by atoms with Gasteiger partial charge in [0, 0.05) is 26.4 Å². The number of ether oxygens (including phenoxy) is 6. The van der Waals surface area contributed by atoms with Crippen LogP contribution in [-0.2, 0) is 41.3 Å². The molecule has 0 heterocycles. The van der Waals surface area contributed by atoms with E-state index in [1.54, 1.807) is 0 Å². The molecule has 0 saturated carbocycles. The molecule has 0 bridgehead atoms. The summed E-state index contributed by atoms with van der Waals surface area (Å²) in [7, 11) is 0. The molecule has 0 saturated heterocycles. The maximum absolute atomic E-state index is 11.8. The molecule has 34 heavy (non-hydrogen) atoms. The van der Waals surface area contributed by atoms with Gasteiger partial charge in [-0.15, -0.1) is 0 Å². The first-order valence-electron chi connectivity index (χ1n) is 11.6. The lowest BCUT2D eigenvalue weighted by Crippen LogP contribution is -2.25. The summed E-state index contributed by atoms with van der Waals surface area (Å²) in [5.74, 6) is -2.27. The minimum atomic E-state index is -1.14. The van der Waals surface area contributed by atoms with E-state index in [9.17, 15) is 19.8 Å². The maximum atomic E-state index is 11.8. The number of hydrogen-bond acceptors (Lipinski definition) is 8. The summed E-state index contributed by atoms with van der Waals surface area (Å²) in [4.78, 5) is 23.7. The molecular weight excluding hydrogens is 448 g/mol. The molecule has 0 atom stereocenters. The van der Waals surface area contributed by atoms with Gasteiger partial charge in [0.25, 0.3) is 0 Å². The van der Waals surface area contributed by atoms with Crippen molar-refractivity contribution < 1.29 is 48.2 Å². The number of rotatable bonds is 20. The Hall–Kier alpha value is -2.08. The molecule has 0 aliphatic carbocycles. The monoisotopic (exact) mass is 486 g/mol. The Bertz CT molecular complexity index is 664. The smallest absolute Gasteiger partial charge is 0.335 e. The Labute approximate surface area is 201 Å². The van der Waals surface area contributed by atoms with Crippen LogP contribution >= 0.6 is 0 Å². The van der Waals surface area contributed by atoms with E-state index < -0.39 is 24.5 Å². The van der Waals surface area contributed by atoms with Crippen molar-refractivity contribution in [1.82, 2.24) is 0 Å². The number of carboxylic acid groups (broad SMARTS) is 2. The zero-order valence-electron chi connectivity index (χ0n) is 20.5. The maximum Gasteiger partial charge on any atom is 0.335 e. The van der Waals surface area contributed by atoms with E-state index in [-0.39, 0.29) is 50.4 Å². The highest BCUT2D eigenvalue weighted by atomic mass is 16.7. The molecule has 194 valence electrons. The largest absolute Gasteiger partial charge is 0.478 e. The Morgan fingerprint density at radius 3 is 1.26 bits per heavy atom. The van der Waals surface area contributed by atoms with Crippen molar-refractivity contribution >= 4 is 11.9 Å². The first-order valence-corrected chi connectivity index (χ1v) is 11.6. The van der Waals surface area contributed by atoms with Crippen molar-refractivity contribution in [1.29, 1.82) is 0 Å². The zero-order chi connectivity index (χ0) is 25.3. The predicted molar refractivity (Wildman–Crippen MR) is 123 cm³/mol. The lowest BCUT2D eigenvalue weighted by atomic mass is 9.92. The Balaban J connectivity index is 2.94. The lowest BCUT2D eigenvalue weighted by molar-refractivity contribution is -0.167. The van der Waals surface area contributed by atoms with Crippen LogP contribution in [0.2, 0.25) is 0 Å². The van der Waals surface area contributed by atoms with Crippen molar-refractivity contribution in [2.75, 3.05) is 52.9 Å². The molecule has 0 amide bonds. The first-order chi connectivity index (χ1) is 16.4. The number of carboxylic acids is 2. The standard InChI is InChI=1S/C24H38O10/c1-5-31-21(32-6-2)15-29-13-11-17-18(12-14-30-16-22(33-7-3)34-8-4)20(24(27)28)10-9-19(17)23(25)26/h9-10,21-22H,5-8,11-16H2,1-4H3,(H,25,26)(H,27,28). The van der Waals surface area contributed by atoms with Crippen LogP contribution in [0.15, 0.2) is 12.1 Å². The molecule has 0 aromatic heterocycles. The van der Waals surface area contributed by atoms with Crippen LogP contribution in [0.5, 0.6) is 0 Å². The molecule has 10 nitrogen and oxygen atoms in total. The van der Waals surface area contributed by atoms with Gasteiger partial charge >= 0.3 is 11.9 Å². The Kier molecular flexibility index (Phi) is 15.3. The highest BCUT2D eigenvalue weighted by Crippen LogP contribution is 2.22. The second-order valence-corrected chi connectivity index (χ2v) is 7.06. The molecule has 1 aromatic rings. The van der Waals surface area contributed by atoms with Crippen LogP contribution in [0, 0.1) is 0 Å². The molecule has 0 fully saturated rings. The SMILES string of the molecule is CCOC(COCCc1c(C(=O)O)ccc(C(=O)O)c1CCOCC(OCC)OCC)OCC. The van der Waals surface area contributed by atoms with Crippen molar-refractivity contribution in [3.63, 3.8) is 0 Å².